The predicted molar refractivity (Wildman–Crippen MR) is 40.0 cm³/mol. The number of rotatable bonds is 1. The van der Waals surface area contributed by atoms with E-state index < -0.39 is 0 Å². The van der Waals surface area contributed by atoms with Crippen LogP contribution < -0.4 is 0 Å². The maximum Gasteiger partial charge on any atom is 0.163 e. The molecule has 0 N–H and O–H groups in total. The molecular formula is C8H14N+. The summed E-state index contributed by atoms with van der Waals surface area (Å²) in [5.74, 6) is 0.731. The molecule has 1 aliphatic heterocycles. The smallest absolute Gasteiger partial charge is 0.163 e. The van der Waals surface area contributed by atoms with Crippen molar-refractivity contribution < 1.29 is 4.58 Å². The summed E-state index contributed by atoms with van der Waals surface area (Å²) in [7, 11) is 0. The molecule has 1 unspecified atom stereocenters. The Balaban J connectivity index is 2.55. The lowest BCUT2D eigenvalue weighted by Crippen LogP contribution is -2.21. The number of hydrogen-bond acceptors (Lipinski definition) is 0. The number of nitrogens with zero attached hydrogens (tertiary/aromatic N) is 1. The van der Waals surface area contributed by atoms with Crippen LogP contribution in [0.2, 0.25) is 0 Å². The Morgan fingerprint density at radius 3 is 2.89 bits per heavy atom. The first-order valence-corrected chi connectivity index (χ1v) is 3.58. The van der Waals surface area contributed by atoms with E-state index in [1.165, 1.54) is 6.54 Å². The van der Waals surface area contributed by atoms with E-state index in [2.05, 4.69) is 36.8 Å². The number of allylic oxidation sites excluding steroid dienone is 1. The molecule has 9 heavy (non-hydrogen) atoms. The fraction of sp³-hybridized carbons (Fsp3) is 0.625. The lowest BCUT2D eigenvalue weighted by molar-refractivity contribution is -0.525. The van der Waals surface area contributed by atoms with E-state index >= 15 is 0 Å². The molecule has 1 aliphatic rings. The molecule has 0 radical (unpaired) electrons. The molecule has 1 rings (SSSR count). The molecular weight excluding hydrogens is 110 g/mol. The van der Waals surface area contributed by atoms with Crippen LogP contribution in [0.1, 0.15) is 13.8 Å². The van der Waals surface area contributed by atoms with Gasteiger partial charge in [0.2, 0.25) is 0 Å². The Labute approximate surface area is 56.7 Å². The summed E-state index contributed by atoms with van der Waals surface area (Å²) in [4.78, 5) is 0. The van der Waals surface area contributed by atoms with Crippen molar-refractivity contribution in [3.63, 3.8) is 0 Å². The summed E-state index contributed by atoms with van der Waals surface area (Å²) in [5.41, 5.74) is 0. The van der Waals surface area contributed by atoms with Gasteiger partial charge in [-0.2, -0.15) is 0 Å². The van der Waals surface area contributed by atoms with Gasteiger partial charge < -0.3 is 0 Å². The monoisotopic (exact) mass is 124 g/mol. The number of hydrogen-bond donors (Lipinski definition) is 0. The van der Waals surface area contributed by atoms with Crippen molar-refractivity contribution in [2.24, 2.45) is 5.92 Å². The minimum absolute atomic E-state index is 0.731. The minimum atomic E-state index is 0.731. The van der Waals surface area contributed by atoms with Gasteiger partial charge in [0.25, 0.3) is 0 Å². The van der Waals surface area contributed by atoms with Crippen molar-refractivity contribution in [1.29, 1.82) is 0 Å². The second-order valence-corrected chi connectivity index (χ2v) is 2.60. The molecule has 0 aromatic carbocycles. The summed E-state index contributed by atoms with van der Waals surface area (Å²) in [5, 5.41) is 0. The summed E-state index contributed by atoms with van der Waals surface area (Å²) in [6, 6.07) is 0. The van der Waals surface area contributed by atoms with Gasteiger partial charge in [-0.25, -0.2) is 4.58 Å². The molecule has 1 heterocycles. The molecule has 0 spiro atoms. The van der Waals surface area contributed by atoms with E-state index in [1.54, 1.807) is 0 Å². The zero-order valence-electron chi connectivity index (χ0n) is 6.17. The lowest BCUT2D eigenvalue weighted by atomic mass is 10.1. The summed E-state index contributed by atoms with van der Waals surface area (Å²) >= 11 is 0. The maximum atomic E-state index is 2.32. The maximum absolute atomic E-state index is 2.32. The zero-order chi connectivity index (χ0) is 6.69. The van der Waals surface area contributed by atoms with E-state index in [0.29, 0.717) is 0 Å². The third-order valence-electron chi connectivity index (χ3n) is 1.67. The topological polar surface area (TPSA) is 3.01 Å². The Bertz CT molecular complexity index is 145. The molecule has 0 aromatic heterocycles. The Kier molecular flexibility index (Phi) is 2.04. The van der Waals surface area contributed by atoms with Crippen LogP contribution in [0.4, 0.5) is 0 Å². The molecule has 0 bridgehead atoms. The molecule has 1 nitrogen and oxygen atoms in total. The third-order valence-corrected chi connectivity index (χ3v) is 1.67. The van der Waals surface area contributed by atoms with E-state index in [-0.39, 0.29) is 0 Å². The predicted octanol–water partition coefficient (Wildman–Crippen LogP) is 1.30. The Hall–Kier alpha value is -0.590. The first-order valence-electron chi connectivity index (χ1n) is 3.58. The standard InChI is InChI=1S/C8H14N/c1-3-9-6-4-5-8(2)7-9/h4-6,8H,3,7H2,1-2H3/q+1. The average Bonchev–Trinajstić information content (AvgIpc) is 1.88. The summed E-state index contributed by atoms with van der Waals surface area (Å²) in [6.07, 6.45) is 6.53. The largest absolute Gasteiger partial charge is 0.236 e. The molecule has 1 atom stereocenters. The highest BCUT2D eigenvalue weighted by Gasteiger charge is 2.08. The SMILES string of the molecule is CC[N+]1=CC=CC(C)C1. The van der Waals surface area contributed by atoms with Gasteiger partial charge in [0, 0.05) is 5.92 Å². The van der Waals surface area contributed by atoms with Gasteiger partial charge in [-0.15, -0.1) is 0 Å². The quantitative estimate of drug-likeness (QED) is 0.463. The molecule has 1 heteroatoms. The van der Waals surface area contributed by atoms with Gasteiger partial charge in [-0.05, 0) is 13.0 Å². The first kappa shape index (κ1) is 6.53. The molecule has 0 aromatic rings. The molecule has 0 saturated heterocycles. The molecule has 0 saturated carbocycles. The normalized spacial score (nSPS) is 26.0. The van der Waals surface area contributed by atoms with Crippen LogP contribution in [0, 0.1) is 5.92 Å². The van der Waals surface area contributed by atoms with Crippen molar-refractivity contribution in [2.75, 3.05) is 13.1 Å². The van der Waals surface area contributed by atoms with Gasteiger partial charge in [0.05, 0.1) is 0 Å². The molecule has 0 amide bonds. The van der Waals surface area contributed by atoms with E-state index in [4.69, 9.17) is 0 Å². The molecule has 0 fully saturated rings. The fourth-order valence-corrected chi connectivity index (χ4v) is 1.09. The van der Waals surface area contributed by atoms with Crippen LogP contribution in [-0.4, -0.2) is 23.9 Å². The lowest BCUT2D eigenvalue weighted by Gasteiger charge is -2.07. The Morgan fingerprint density at radius 1 is 1.67 bits per heavy atom. The van der Waals surface area contributed by atoms with Crippen LogP contribution in [0.3, 0.4) is 0 Å². The molecule has 50 valence electrons. The first-order chi connectivity index (χ1) is 4.33. The highest BCUT2D eigenvalue weighted by molar-refractivity contribution is 5.66. The van der Waals surface area contributed by atoms with Gasteiger partial charge in [-0.3, -0.25) is 0 Å². The van der Waals surface area contributed by atoms with Gasteiger partial charge in [0.15, 0.2) is 6.21 Å². The van der Waals surface area contributed by atoms with E-state index in [9.17, 15) is 0 Å². The van der Waals surface area contributed by atoms with Gasteiger partial charge >= 0.3 is 0 Å². The van der Waals surface area contributed by atoms with Crippen molar-refractivity contribution >= 4 is 6.21 Å². The van der Waals surface area contributed by atoms with Crippen LogP contribution >= 0.6 is 0 Å². The Morgan fingerprint density at radius 2 is 2.44 bits per heavy atom. The second-order valence-electron chi connectivity index (χ2n) is 2.60. The minimum Gasteiger partial charge on any atom is -0.236 e. The van der Waals surface area contributed by atoms with Crippen molar-refractivity contribution in [3.8, 4) is 0 Å². The highest BCUT2D eigenvalue weighted by Crippen LogP contribution is 2.00. The van der Waals surface area contributed by atoms with Crippen molar-refractivity contribution in [3.05, 3.63) is 12.2 Å². The van der Waals surface area contributed by atoms with Crippen LogP contribution in [0.25, 0.3) is 0 Å². The zero-order valence-corrected chi connectivity index (χ0v) is 6.17. The average molecular weight is 124 g/mol. The summed E-state index contributed by atoms with van der Waals surface area (Å²) < 4.78 is 2.32. The molecule has 0 aliphatic carbocycles. The fourth-order valence-electron chi connectivity index (χ4n) is 1.09. The van der Waals surface area contributed by atoms with Crippen molar-refractivity contribution in [1.82, 2.24) is 0 Å². The van der Waals surface area contributed by atoms with Crippen LogP contribution in [0.15, 0.2) is 12.2 Å². The van der Waals surface area contributed by atoms with Crippen LogP contribution in [0.5, 0.6) is 0 Å². The van der Waals surface area contributed by atoms with Gasteiger partial charge in [0.1, 0.15) is 13.1 Å². The van der Waals surface area contributed by atoms with Crippen molar-refractivity contribution in [2.45, 2.75) is 13.8 Å². The van der Waals surface area contributed by atoms with Crippen LogP contribution in [-0.2, 0) is 0 Å². The second kappa shape index (κ2) is 2.81. The van der Waals surface area contributed by atoms with E-state index in [0.717, 1.165) is 12.5 Å². The van der Waals surface area contributed by atoms with Gasteiger partial charge in [-0.1, -0.05) is 13.0 Å². The summed E-state index contributed by atoms with van der Waals surface area (Å²) in [6.45, 7) is 6.75. The van der Waals surface area contributed by atoms with E-state index in [1.807, 2.05) is 0 Å². The third kappa shape index (κ3) is 1.67. The highest BCUT2D eigenvalue weighted by atomic mass is 15.0.